The Hall–Kier alpha value is -2.48. The molecule has 0 aliphatic heterocycles. The maximum atomic E-state index is 12.2. The molecule has 0 saturated heterocycles. The highest BCUT2D eigenvalue weighted by Gasteiger charge is 2.24. The first-order valence-corrected chi connectivity index (χ1v) is 6.76. The van der Waals surface area contributed by atoms with Crippen molar-refractivity contribution in [3.05, 3.63) is 30.1 Å². The Balaban J connectivity index is 1.75. The number of aromatic hydroxyl groups is 1. The topological polar surface area (TPSA) is 119 Å². The molecule has 1 aliphatic rings. The van der Waals surface area contributed by atoms with Crippen molar-refractivity contribution in [1.29, 1.82) is 0 Å². The Bertz CT molecular complexity index is 642. The summed E-state index contributed by atoms with van der Waals surface area (Å²) in [6.45, 7) is 0. The van der Waals surface area contributed by atoms with Gasteiger partial charge in [-0.05, 0) is 41.8 Å². The molecule has 1 heterocycles. The number of benzene rings is 1. The van der Waals surface area contributed by atoms with Gasteiger partial charge in [0.25, 0.3) is 5.91 Å². The van der Waals surface area contributed by atoms with Gasteiger partial charge in [0, 0.05) is 18.2 Å². The number of carbonyl (C=O) groups excluding carboxylic acids is 1. The number of carbonyl (C=O) groups is 1. The van der Waals surface area contributed by atoms with Crippen LogP contribution < -0.4 is 11.1 Å². The quantitative estimate of drug-likeness (QED) is 0.730. The summed E-state index contributed by atoms with van der Waals surface area (Å²) in [5.41, 5.74) is 6.63. The van der Waals surface area contributed by atoms with Crippen molar-refractivity contribution in [2.75, 3.05) is 0 Å². The summed E-state index contributed by atoms with van der Waals surface area (Å²) in [7, 11) is 0. The van der Waals surface area contributed by atoms with E-state index in [4.69, 9.17) is 5.73 Å². The first-order chi connectivity index (χ1) is 10.1. The summed E-state index contributed by atoms with van der Waals surface area (Å²) >= 11 is 0. The van der Waals surface area contributed by atoms with E-state index < -0.39 is 0 Å². The summed E-state index contributed by atoms with van der Waals surface area (Å²) in [4.78, 5) is 12.2. The number of rotatable bonds is 3. The van der Waals surface area contributed by atoms with Gasteiger partial charge in [0.2, 0.25) is 0 Å². The molecule has 4 N–H and O–H groups in total. The zero-order valence-corrected chi connectivity index (χ0v) is 11.3. The summed E-state index contributed by atoms with van der Waals surface area (Å²) in [6.07, 6.45) is 3.97. The van der Waals surface area contributed by atoms with E-state index in [1.165, 1.54) is 17.1 Å². The molecule has 8 nitrogen and oxygen atoms in total. The predicted octanol–water partition coefficient (Wildman–Crippen LogP) is -0.0225. The second-order valence-electron chi connectivity index (χ2n) is 5.20. The van der Waals surface area contributed by atoms with E-state index in [1.54, 1.807) is 12.1 Å². The molecule has 0 spiro atoms. The Morgan fingerprint density at radius 2 is 2.29 bits per heavy atom. The van der Waals surface area contributed by atoms with Gasteiger partial charge >= 0.3 is 0 Å². The lowest BCUT2D eigenvalue weighted by Crippen LogP contribution is -2.34. The second-order valence-corrected chi connectivity index (χ2v) is 5.20. The number of hydrogen-bond acceptors (Lipinski definition) is 6. The Morgan fingerprint density at radius 3 is 2.90 bits per heavy atom. The van der Waals surface area contributed by atoms with Gasteiger partial charge in [0.05, 0.1) is 11.3 Å². The molecule has 8 heteroatoms. The number of tetrazole rings is 1. The van der Waals surface area contributed by atoms with Gasteiger partial charge in [-0.25, -0.2) is 4.68 Å². The molecular formula is C13H16N6O2. The summed E-state index contributed by atoms with van der Waals surface area (Å²) < 4.78 is 1.40. The van der Waals surface area contributed by atoms with Gasteiger partial charge in [-0.15, -0.1) is 5.10 Å². The summed E-state index contributed by atoms with van der Waals surface area (Å²) in [5, 5.41) is 23.7. The molecule has 0 radical (unpaired) electrons. The first-order valence-electron chi connectivity index (χ1n) is 6.76. The normalized spacial score (nSPS) is 21.4. The minimum atomic E-state index is -0.296. The van der Waals surface area contributed by atoms with Crippen LogP contribution in [0.1, 0.15) is 29.6 Å². The van der Waals surface area contributed by atoms with Gasteiger partial charge in [-0.2, -0.15) is 0 Å². The highest BCUT2D eigenvalue weighted by molar-refractivity contribution is 5.97. The highest BCUT2D eigenvalue weighted by Crippen LogP contribution is 2.22. The Kier molecular flexibility index (Phi) is 3.53. The number of hydrogen-bond donors (Lipinski definition) is 3. The lowest BCUT2D eigenvalue weighted by atomic mass is 10.1. The summed E-state index contributed by atoms with van der Waals surface area (Å²) in [6, 6.07) is 4.89. The molecule has 3 rings (SSSR count). The largest absolute Gasteiger partial charge is 0.507 e. The van der Waals surface area contributed by atoms with Gasteiger partial charge in [0.1, 0.15) is 12.1 Å². The van der Waals surface area contributed by atoms with Crippen LogP contribution in [0, 0.1) is 0 Å². The minimum absolute atomic E-state index is 0.0751. The predicted molar refractivity (Wildman–Crippen MR) is 73.9 cm³/mol. The van der Waals surface area contributed by atoms with Crippen LogP contribution in [-0.2, 0) is 0 Å². The molecule has 1 aliphatic carbocycles. The van der Waals surface area contributed by atoms with E-state index in [0.29, 0.717) is 5.69 Å². The van der Waals surface area contributed by atoms with Crippen molar-refractivity contribution in [2.24, 2.45) is 5.73 Å². The molecule has 2 atom stereocenters. The fourth-order valence-corrected chi connectivity index (χ4v) is 2.54. The smallest absolute Gasteiger partial charge is 0.255 e. The van der Waals surface area contributed by atoms with Crippen molar-refractivity contribution in [2.45, 2.75) is 31.3 Å². The van der Waals surface area contributed by atoms with Crippen LogP contribution in [0.4, 0.5) is 0 Å². The number of phenols is 1. The minimum Gasteiger partial charge on any atom is -0.507 e. The van der Waals surface area contributed by atoms with Crippen LogP contribution in [0.3, 0.4) is 0 Å². The molecule has 1 saturated carbocycles. The first kappa shape index (κ1) is 13.5. The standard InChI is InChI=1S/C13H16N6O2/c14-8-1-2-9(5-8)16-13(21)11-4-3-10(6-12(11)20)19-7-15-17-18-19/h3-4,6-9,20H,1-2,5,14H2,(H,16,21)/t8-,9-/m1/s1. The van der Waals surface area contributed by atoms with Crippen LogP contribution in [0.25, 0.3) is 5.69 Å². The number of nitrogens with zero attached hydrogens (tertiary/aromatic N) is 4. The average molecular weight is 288 g/mol. The van der Waals surface area contributed by atoms with Crippen LogP contribution in [0.5, 0.6) is 5.75 Å². The fourth-order valence-electron chi connectivity index (χ4n) is 2.54. The lowest BCUT2D eigenvalue weighted by molar-refractivity contribution is 0.0935. The average Bonchev–Trinajstić information content (AvgIpc) is 3.10. The van der Waals surface area contributed by atoms with Gasteiger partial charge in [-0.1, -0.05) is 0 Å². The van der Waals surface area contributed by atoms with Crippen molar-refractivity contribution in [3.8, 4) is 11.4 Å². The van der Waals surface area contributed by atoms with Crippen LogP contribution >= 0.6 is 0 Å². The maximum absolute atomic E-state index is 12.2. The number of amides is 1. The zero-order chi connectivity index (χ0) is 14.8. The maximum Gasteiger partial charge on any atom is 0.255 e. The van der Waals surface area contributed by atoms with Crippen LogP contribution in [-0.4, -0.2) is 43.3 Å². The monoisotopic (exact) mass is 288 g/mol. The number of nitrogens with one attached hydrogen (secondary N) is 1. The molecule has 0 unspecified atom stereocenters. The van der Waals surface area contributed by atoms with E-state index in [1.807, 2.05) is 0 Å². The van der Waals surface area contributed by atoms with Gasteiger partial charge in [-0.3, -0.25) is 4.79 Å². The molecule has 1 fully saturated rings. The Morgan fingerprint density at radius 1 is 1.43 bits per heavy atom. The van der Waals surface area contributed by atoms with E-state index in [2.05, 4.69) is 20.8 Å². The SMILES string of the molecule is N[C@@H]1CC[C@@H](NC(=O)c2ccc(-n3cnnn3)cc2O)C1. The fraction of sp³-hybridized carbons (Fsp3) is 0.385. The molecule has 0 bridgehead atoms. The van der Waals surface area contributed by atoms with Gasteiger partial charge in [0.15, 0.2) is 0 Å². The molecule has 1 aromatic heterocycles. The molecule has 1 aromatic carbocycles. The number of nitrogens with two attached hydrogens (primary N) is 1. The van der Waals surface area contributed by atoms with E-state index in [0.717, 1.165) is 19.3 Å². The molecule has 21 heavy (non-hydrogen) atoms. The highest BCUT2D eigenvalue weighted by atomic mass is 16.3. The van der Waals surface area contributed by atoms with Crippen molar-refractivity contribution < 1.29 is 9.90 Å². The third-order valence-electron chi connectivity index (χ3n) is 3.65. The molecule has 2 aromatic rings. The van der Waals surface area contributed by atoms with Crippen molar-refractivity contribution >= 4 is 5.91 Å². The van der Waals surface area contributed by atoms with Crippen molar-refractivity contribution in [1.82, 2.24) is 25.5 Å². The second kappa shape index (κ2) is 5.49. The number of phenolic OH excluding ortho intramolecular Hbond substituents is 1. The van der Waals surface area contributed by atoms with E-state index >= 15 is 0 Å². The van der Waals surface area contributed by atoms with Crippen molar-refractivity contribution in [3.63, 3.8) is 0 Å². The lowest BCUT2D eigenvalue weighted by Gasteiger charge is -2.13. The third-order valence-corrected chi connectivity index (χ3v) is 3.65. The Labute approximate surface area is 121 Å². The van der Waals surface area contributed by atoms with E-state index in [9.17, 15) is 9.90 Å². The molecular weight excluding hydrogens is 272 g/mol. The zero-order valence-electron chi connectivity index (χ0n) is 11.3. The third kappa shape index (κ3) is 2.84. The van der Waals surface area contributed by atoms with Crippen LogP contribution in [0.2, 0.25) is 0 Å². The molecule has 110 valence electrons. The number of aromatic nitrogens is 4. The van der Waals surface area contributed by atoms with Gasteiger partial charge < -0.3 is 16.2 Å². The van der Waals surface area contributed by atoms with Crippen LogP contribution in [0.15, 0.2) is 24.5 Å². The molecule has 1 amide bonds. The summed E-state index contributed by atoms with van der Waals surface area (Å²) in [5.74, 6) is -0.405. The van der Waals surface area contributed by atoms with E-state index in [-0.39, 0.29) is 29.3 Å².